The zero-order valence-corrected chi connectivity index (χ0v) is 15.6. The van der Waals surface area contributed by atoms with Gasteiger partial charge in [0, 0.05) is 13.1 Å². The molecular weight excluding hydrogens is 381 g/mol. The molecule has 1 amide bonds. The van der Waals surface area contributed by atoms with Gasteiger partial charge in [-0.15, -0.1) is 0 Å². The number of halogens is 2. The zero-order chi connectivity index (χ0) is 17.2. The summed E-state index contributed by atoms with van der Waals surface area (Å²) in [6.07, 6.45) is 0. The van der Waals surface area contributed by atoms with Crippen molar-refractivity contribution < 1.29 is 13.2 Å². The molecule has 0 aliphatic heterocycles. The zero-order valence-electron chi connectivity index (χ0n) is 12.4. The molecule has 2 aromatic rings. The van der Waals surface area contributed by atoms with Crippen LogP contribution in [-0.2, 0) is 14.8 Å². The Morgan fingerprint density at radius 3 is 2.57 bits per heavy atom. The number of fused-ring (bicyclic) bond motifs is 1. The van der Waals surface area contributed by atoms with Crippen molar-refractivity contribution in [1.29, 1.82) is 0 Å². The Bertz CT molecular complexity index is 817. The maximum Gasteiger partial charge on any atom is 0.259 e. The van der Waals surface area contributed by atoms with Crippen LogP contribution in [0.2, 0.25) is 0 Å². The average molecular weight is 396 g/mol. The van der Waals surface area contributed by atoms with Crippen LogP contribution in [0.25, 0.3) is 10.2 Å². The first-order valence-corrected chi connectivity index (χ1v) is 9.92. The number of alkyl halides is 2. The molecule has 10 heteroatoms. The normalized spacial score (nSPS) is 12.3. The summed E-state index contributed by atoms with van der Waals surface area (Å²) in [7, 11) is -3.54. The number of benzene rings is 1. The Balaban J connectivity index is 2.38. The predicted molar refractivity (Wildman–Crippen MR) is 93.9 cm³/mol. The molecule has 0 radical (unpaired) electrons. The van der Waals surface area contributed by atoms with Crippen molar-refractivity contribution in [2.45, 2.75) is 23.6 Å². The molecule has 0 aliphatic rings. The number of hydrogen-bond donors (Lipinski definition) is 1. The predicted octanol–water partition coefficient (Wildman–Crippen LogP) is 3.07. The summed E-state index contributed by atoms with van der Waals surface area (Å²) in [4.78, 5) is 14.7. The van der Waals surface area contributed by atoms with Gasteiger partial charge in [0.25, 0.3) is 5.91 Å². The number of thiazole rings is 1. The number of anilines is 1. The number of nitrogens with zero attached hydrogens (tertiary/aromatic N) is 2. The van der Waals surface area contributed by atoms with Crippen molar-refractivity contribution in [2.24, 2.45) is 0 Å². The van der Waals surface area contributed by atoms with Gasteiger partial charge in [0.05, 0.1) is 15.1 Å². The van der Waals surface area contributed by atoms with Crippen LogP contribution in [0, 0.1) is 0 Å². The van der Waals surface area contributed by atoms with Gasteiger partial charge in [0.15, 0.2) is 9.97 Å². The van der Waals surface area contributed by atoms with Crippen molar-refractivity contribution in [2.75, 3.05) is 18.4 Å². The number of nitrogens with one attached hydrogen (secondary N) is 1. The average Bonchev–Trinajstić information content (AvgIpc) is 2.89. The van der Waals surface area contributed by atoms with E-state index in [1.54, 1.807) is 26.0 Å². The van der Waals surface area contributed by atoms with E-state index in [0.29, 0.717) is 28.4 Å². The van der Waals surface area contributed by atoms with Gasteiger partial charge in [-0.05, 0) is 18.2 Å². The number of aromatic nitrogens is 1. The molecule has 1 heterocycles. The van der Waals surface area contributed by atoms with E-state index in [9.17, 15) is 13.2 Å². The van der Waals surface area contributed by atoms with Crippen molar-refractivity contribution in [3.05, 3.63) is 18.2 Å². The molecular formula is C13H15Cl2N3O3S2. The highest BCUT2D eigenvalue weighted by Crippen LogP contribution is 2.29. The quantitative estimate of drug-likeness (QED) is 0.762. The second-order valence-corrected chi connectivity index (χ2v) is 8.59. The SMILES string of the molecule is CCN(CC)S(=O)(=O)c1ccc2nc(NC(=O)C(Cl)Cl)sc2c1. The number of hydrogen-bond acceptors (Lipinski definition) is 5. The molecule has 1 aromatic carbocycles. The Morgan fingerprint density at radius 2 is 2.00 bits per heavy atom. The summed E-state index contributed by atoms with van der Waals surface area (Å²) < 4.78 is 27.1. The van der Waals surface area contributed by atoms with Crippen molar-refractivity contribution in [3.8, 4) is 0 Å². The van der Waals surface area contributed by atoms with Gasteiger partial charge >= 0.3 is 0 Å². The summed E-state index contributed by atoms with van der Waals surface area (Å²) in [5, 5.41) is 2.79. The molecule has 0 bridgehead atoms. The van der Waals surface area contributed by atoms with Crippen molar-refractivity contribution >= 4 is 65.8 Å². The lowest BCUT2D eigenvalue weighted by Gasteiger charge is -2.18. The van der Waals surface area contributed by atoms with E-state index in [2.05, 4.69) is 10.3 Å². The lowest BCUT2D eigenvalue weighted by molar-refractivity contribution is -0.114. The molecule has 1 N–H and O–H groups in total. The van der Waals surface area contributed by atoms with Crippen LogP contribution in [-0.4, -0.2) is 41.5 Å². The standard InChI is InChI=1S/C13H15Cl2N3O3S2/c1-3-18(4-2)23(20,21)8-5-6-9-10(7-8)22-13(16-9)17-12(19)11(14)15/h5-7,11H,3-4H2,1-2H3,(H,16,17,19). The molecule has 0 fully saturated rings. The largest absolute Gasteiger partial charge is 0.300 e. The minimum absolute atomic E-state index is 0.197. The van der Waals surface area contributed by atoms with Crippen molar-refractivity contribution in [1.82, 2.24) is 9.29 Å². The molecule has 0 saturated heterocycles. The van der Waals surface area contributed by atoms with E-state index in [1.165, 1.54) is 10.4 Å². The van der Waals surface area contributed by atoms with Crippen LogP contribution < -0.4 is 5.32 Å². The van der Waals surface area contributed by atoms with Crippen LogP contribution in [0.1, 0.15) is 13.8 Å². The highest BCUT2D eigenvalue weighted by Gasteiger charge is 2.22. The van der Waals surface area contributed by atoms with Gasteiger partial charge in [0.2, 0.25) is 10.0 Å². The summed E-state index contributed by atoms with van der Waals surface area (Å²) >= 11 is 12.1. The summed E-state index contributed by atoms with van der Waals surface area (Å²) in [5.41, 5.74) is 0.587. The lowest BCUT2D eigenvalue weighted by Crippen LogP contribution is -2.30. The highest BCUT2D eigenvalue weighted by molar-refractivity contribution is 7.89. The molecule has 0 spiro atoms. The molecule has 126 valence electrons. The Kier molecular flexibility index (Phi) is 5.85. The Labute approximate surface area is 148 Å². The number of rotatable bonds is 6. The molecule has 23 heavy (non-hydrogen) atoms. The summed E-state index contributed by atoms with van der Waals surface area (Å²) in [6.45, 7) is 4.37. The first-order valence-electron chi connectivity index (χ1n) is 6.79. The highest BCUT2D eigenvalue weighted by atomic mass is 35.5. The van der Waals surface area contributed by atoms with Crippen LogP contribution in [0.3, 0.4) is 0 Å². The molecule has 0 unspecified atom stereocenters. The summed E-state index contributed by atoms with van der Waals surface area (Å²) in [5.74, 6) is -0.580. The molecule has 0 atom stereocenters. The molecule has 0 saturated carbocycles. The minimum atomic E-state index is -3.54. The molecule has 0 aliphatic carbocycles. The maximum atomic E-state index is 12.5. The van der Waals surface area contributed by atoms with Crippen LogP contribution in [0.5, 0.6) is 0 Å². The third-order valence-electron chi connectivity index (χ3n) is 3.13. The fourth-order valence-electron chi connectivity index (χ4n) is 1.99. The first kappa shape index (κ1) is 18.4. The van der Waals surface area contributed by atoms with Gasteiger partial charge in [-0.3, -0.25) is 10.1 Å². The van der Waals surface area contributed by atoms with Crippen LogP contribution in [0.4, 0.5) is 5.13 Å². The van der Waals surface area contributed by atoms with Gasteiger partial charge in [-0.25, -0.2) is 13.4 Å². The fraction of sp³-hybridized carbons (Fsp3) is 0.385. The van der Waals surface area contributed by atoms with Crippen molar-refractivity contribution in [3.63, 3.8) is 0 Å². The molecule has 2 rings (SSSR count). The molecule has 6 nitrogen and oxygen atoms in total. The van der Waals surface area contributed by atoms with Gasteiger partial charge in [-0.2, -0.15) is 4.31 Å². The number of carbonyl (C=O) groups is 1. The van der Waals surface area contributed by atoms with E-state index in [-0.39, 0.29) is 4.90 Å². The van der Waals surface area contributed by atoms with Gasteiger partial charge < -0.3 is 0 Å². The first-order chi connectivity index (χ1) is 10.8. The Morgan fingerprint density at radius 1 is 1.35 bits per heavy atom. The third-order valence-corrected chi connectivity index (χ3v) is 6.51. The van der Waals surface area contributed by atoms with Gasteiger partial charge in [0.1, 0.15) is 0 Å². The van der Waals surface area contributed by atoms with E-state index in [1.807, 2.05) is 0 Å². The lowest BCUT2D eigenvalue weighted by atomic mass is 10.3. The topological polar surface area (TPSA) is 79.4 Å². The van der Waals surface area contributed by atoms with E-state index >= 15 is 0 Å². The van der Waals surface area contributed by atoms with Crippen LogP contribution in [0.15, 0.2) is 23.1 Å². The third kappa shape index (κ3) is 3.95. The monoisotopic (exact) mass is 395 g/mol. The van der Waals surface area contributed by atoms with Crippen LogP contribution >= 0.6 is 34.5 Å². The maximum absolute atomic E-state index is 12.5. The second kappa shape index (κ2) is 7.31. The summed E-state index contributed by atoms with van der Waals surface area (Å²) in [6, 6.07) is 4.67. The van der Waals surface area contributed by atoms with E-state index < -0.39 is 20.8 Å². The number of sulfonamides is 1. The van der Waals surface area contributed by atoms with E-state index in [0.717, 1.165) is 11.3 Å². The number of amides is 1. The van der Waals surface area contributed by atoms with E-state index in [4.69, 9.17) is 23.2 Å². The molecule has 1 aromatic heterocycles. The Hall–Kier alpha value is -0.930. The second-order valence-electron chi connectivity index (χ2n) is 4.53. The fourth-order valence-corrected chi connectivity index (χ4v) is 4.57. The minimum Gasteiger partial charge on any atom is -0.300 e. The smallest absolute Gasteiger partial charge is 0.259 e. The van der Waals surface area contributed by atoms with Gasteiger partial charge in [-0.1, -0.05) is 48.4 Å². The number of carbonyl (C=O) groups excluding carboxylic acids is 1.